The minimum absolute atomic E-state index is 0.139. The third-order valence-corrected chi connectivity index (χ3v) is 4.02. The molecule has 1 saturated carbocycles. The van der Waals surface area contributed by atoms with Crippen LogP contribution in [0.1, 0.15) is 19.3 Å². The van der Waals surface area contributed by atoms with Crippen LogP contribution in [-0.4, -0.2) is 22.3 Å². The number of alkyl halides is 1. The summed E-state index contributed by atoms with van der Waals surface area (Å²) in [6.45, 7) is 0. The molecular formula is C11H13BrN2O. The van der Waals surface area contributed by atoms with Gasteiger partial charge in [-0.2, -0.15) is 0 Å². The van der Waals surface area contributed by atoms with Crippen molar-refractivity contribution < 1.29 is 4.79 Å². The van der Waals surface area contributed by atoms with Crippen LogP contribution >= 0.6 is 15.9 Å². The SMILES string of the molecule is CN(C(=O)C1(Br)CCC1)c1ccncc1. The summed E-state index contributed by atoms with van der Waals surface area (Å²) in [4.78, 5) is 17.7. The standard InChI is InChI=1S/C11H13BrN2O/c1-14(9-3-7-13-8-4-9)10(15)11(12)5-2-6-11/h3-4,7-8H,2,5-6H2,1H3. The topological polar surface area (TPSA) is 33.2 Å². The molecule has 1 aromatic heterocycles. The minimum atomic E-state index is -0.314. The Morgan fingerprint density at radius 2 is 2.07 bits per heavy atom. The van der Waals surface area contributed by atoms with Crippen molar-refractivity contribution in [3.05, 3.63) is 24.5 Å². The van der Waals surface area contributed by atoms with E-state index in [0.717, 1.165) is 24.9 Å². The molecule has 1 aromatic rings. The first kappa shape index (κ1) is 10.6. The molecule has 1 heterocycles. The maximum absolute atomic E-state index is 12.1. The first-order valence-corrected chi connectivity index (χ1v) is 5.80. The number of carbonyl (C=O) groups is 1. The van der Waals surface area contributed by atoms with Crippen LogP contribution in [0.4, 0.5) is 5.69 Å². The van der Waals surface area contributed by atoms with Crippen molar-refractivity contribution in [2.75, 3.05) is 11.9 Å². The molecule has 0 spiro atoms. The van der Waals surface area contributed by atoms with Gasteiger partial charge in [-0.15, -0.1) is 0 Å². The van der Waals surface area contributed by atoms with Gasteiger partial charge in [0.1, 0.15) is 4.32 Å². The maximum atomic E-state index is 12.1. The smallest absolute Gasteiger partial charge is 0.243 e. The van der Waals surface area contributed by atoms with Crippen LogP contribution in [0.25, 0.3) is 0 Å². The van der Waals surface area contributed by atoms with Crippen LogP contribution in [-0.2, 0) is 4.79 Å². The highest BCUT2D eigenvalue weighted by Crippen LogP contribution is 2.42. The van der Waals surface area contributed by atoms with Crippen molar-refractivity contribution in [1.29, 1.82) is 0 Å². The molecule has 4 heteroatoms. The van der Waals surface area contributed by atoms with Gasteiger partial charge in [-0.25, -0.2) is 0 Å². The van der Waals surface area contributed by atoms with E-state index in [1.807, 2.05) is 12.1 Å². The van der Waals surface area contributed by atoms with Gasteiger partial charge in [-0.3, -0.25) is 9.78 Å². The molecule has 3 nitrogen and oxygen atoms in total. The normalized spacial score (nSPS) is 18.0. The lowest BCUT2D eigenvalue weighted by Gasteiger charge is -2.37. The molecule has 1 aliphatic rings. The van der Waals surface area contributed by atoms with Crippen LogP contribution in [0.2, 0.25) is 0 Å². The van der Waals surface area contributed by atoms with Crippen molar-refractivity contribution in [3.8, 4) is 0 Å². The number of rotatable bonds is 2. The van der Waals surface area contributed by atoms with Crippen LogP contribution in [0.5, 0.6) is 0 Å². The Morgan fingerprint density at radius 1 is 1.47 bits per heavy atom. The summed E-state index contributed by atoms with van der Waals surface area (Å²) in [5.41, 5.74) is 0.890. The molecule has 80 valence electrons. The zero-order chi connectivity index (χ0) is 10.9. The van der Waals surface area contributed by atoms with Gasteiger partial charge in [-0.05, 0) is 31.4 Å². The summed E-state index contributed by atoms with van der Waals surface area (Å²) in [7, 11) is 1.80. The molecule has 0 radical (unpaired) electrons. The van der Waals surface area contributed by atoms with E-state index in [0.29, 0.717) is 0 Å². The van der Waals surface area contributed by atoms with E-state index in [4.69, 9.17) is 0 Å². The number of carbonyl (C=O) groups excluding carboxylic acids is 1. The summed E-state index contributed by atoms with van der Waals surface area (Å²) in [5.74, 6) is 0.139. The van der Waals surface area contributed by atoms with E-state index in [9.17, 15) is 4.79 Å². The number of aromatic nitrogens is 1. The number of hydrogen-bond acceptors (Lipinski definition) is 2. The Balaban J connectivity index is 2.15. The second kappa shape index (κ2) is 3.93. The Hall–Kier alpha value is -0.900. The second-order valence-electron chi connectivity index (χ2n) is 3.89. The van der Waals surface area contributed by atoms with Gasteiger partial charge in [0.05, 0.1) is 0 Å². The van der Waals surface area contributed by atoms with Gasteiger partial charge in [0, 0.05) is 25.1 Å². The molecule has 0 unspecified atom stereocenters. The third kappa shape index (κ3) is 1.91. The van der Waals surface area contributed by atoms with Gasteiger partial charge < -0.3 is 4.90 Å². The molecule has 0 aliphatic heterocycles. The Morgan fingerprint density at radius 3 is 2.53 bits per heavy atom. The van der Waals surface area contributed by atoms with Gasteiger partial charge >= 0.3 is 0 Å². The molecule has 1 fully saturated rings. The summed E-state index contributed by atoms with van der Waals surface area (Å²) in [6.07, 6.45) is 6.38. The molecular weight excluding hydrogens is 256 g/mol. The Labute approximate surface area is 97.6 Å². The van der Waals surface area contributed by atoms with Crippen molar-refractivity contribution >= 4 is 27.5 Å². The fraction of sp³-hybridized carbons (Fsp3) is 0.455. The molecule has 0 bridgehead atoms. The molecule has 2 rings (SSSR count). The monoisotopic (exact) mass is 268 g/mol. The molecule has 15 heavy (non-hydrogen) atoms. The van der Waals surface area contributed by atoms with Crippen LogP contribution in [0, 0.1) is 0 Å². The summed E-state index contributed by atoms with van der Waals surface area (Å²) >= 11 is 3.52. The van der Waals surface area contributed by atoms with Crippen LogP contribution in [0.3, 0.4) is 0 Å². The Kier molecular flexibility index (Phi) is 2.78. The second-order valence-corrected chi connectivity index (χ2v) is 5.41. The lowest BCUT2D eigenvalue weighted by molar-refractivity contribution is -0.122. The minimum Gasteiger partial charge on any atom is -0.314 e. The third-order valence-electron chi connectivity index (χ3n) is 2.88. The zero-order valence-electron chi connectivity index (χ0n) is 8.61. The highest BCUT2D eigenvalue weighted by molar-refractivity contribution is 9.10. The van der Waals surface area contributed by atoms with E-state index in [1.165, 1.54) is 0 Å². The van der Waals surface area contributed by atoms with Crippen molar-refractivity contribution in [3.63, 3.8) is 0 Å². The fourth-order valence-electron chi connectivity index (χ4n) is 1.69. The van der Waals surface area contributed by atoms with E-state index >= 15 is 0 Å². The van der Waals surface area contributed by atoms with Crippen molar-refractivity contribution in [1.82, 2.24) is 4.98 Å². The van der Waals surface area contributed by atoms with Gasteiger partial charge in [0.15, 0.2) is 0 Å². The molecule has 0 saturated heterocycles. The van der Waals surface area contributed by atoms with Crippen LogP contribution < -0.4 is 4.90 Å². The highest BCUT2D eigenvalue weighted by atomic mass is 79.9. The van der Waals surface area contributed by atoms with Gasteiger partial charge in [0.2, 0.25) is 5.91 Å². The van der Waals surface area contributed by atoms with E-state index in [-0.39, 0.29) is 10.2 Å². The molecule has 0 atom stereocenters. The number of halogens is 1. The Bertz CT molecular complexity index is 362. The lowest BCUT2D eigenvalue weighted by atomic mass is 9.84. The molecule has 0 aromatic carbocycles. The summed E-state index contributed by atoms with van der Waals surface area (Å²) < 4.78 is -0.314. The number of nitrogens with zero attached hydrogens (tertiary/aromatic N) is 2. The predicted molar refractivity (Wildman–Crippen MR) is 63.2 cm³/mol. The average Bonchev–Trinajstić information content (AvgIpc) is 2.25. The molecule has 1 amide bonds. The van der Waals surface area contributed by atoms with Crippen molar-refractivity contribution in [2.24, 2.45) is 0 Å². The number of amides is 1. The average molecular weight is 269 g/mol. The number of anilines is 1. The predicted octanol–water partition coefficient (Wildman–Crippen LogP) is 2.36. The molecule has 1 aliphatic carbocycles. The maximum Gasteiger partial charge on any atom is 0.243 e. The van der Waals surface area contributed by atoms with E-state index in [2.05, 4.69) is 20.9 Å². The van der Waals surface area contributed by atoms with Crippen LogP contribution in [0.15, 0.2) is 24.5 Å². The largest absolute Gasteiger partial charge is 0.314 e. The summed E-state index contributed by atoms with van der Waals surface area (Å²) in [6, 6.07) is 3.68. The first-order valence-electron chi connectivity index (χ1n) is 5.01. The first-order chi connectivity index (χ1) is 7.13. The zero-order valence-corrected chi connectivity index (χ0v) is 10.2. The number of pyridine rings is 1. The van der Waals surface area contributed by atoms with Gasteiger partial charge in [0.25, 0.3) is 0 Å². The highest BCUT2D eigenvalue weighted by Gasteiger charge is 2.43. The van der Waals surface area contributed by atoms with E-state index < -0.39 is 0 Å². The fourth-order valence-corrected chi connectivity index (χ4v) is 2.51. The molecule has 0 N–H and O–H groups in total. The lowest BCUT2D eigenvalue weighted by Crippen LogP contribution is -2.47. The van der Waals surface area contributed by atoms with Crippen molar-refractivity contribution in [2.45, 2.75) is 23.6 Å². The quantitative estimate of drug-likeness (QED) is 0.772. The summed E-state index contributed by atoms with van der Waals surface area (Å²) in [5, 5.41) is 0. The number of hydrogen-bond donors (Lipinski definition) is 0. The van der Waals surface area contributed by atoms with Gasteiger partial charge in [-0.1, -0.05) is 15.9 Å². The van der Waals surface area contributed by atoms with E-state index in [1.54, 1.807) is 24.3 Å².